The summed E-state index contributed by atoms with van der Waals surface area (Å²) in [5.41, 5.74) is 4.17. The molecule has 2 rings (SSSR count). The fourth-order valence-corrected chi connectivity index (χ4v) is 2.12. The first-order valence-electron chi connectivity index (χ1n) is 7.69. The molecule has 0 saturated heterocycles. The molecule has 0 atom stereocenters. The van der Waals surface area contributed by atoms with Crippen molar-refractivity contribution in [1.29, 1.82) is 0 Å². The molecule has 0 aliphatic rings. The summed E-state index contributed by atoms with van der Waals surface area (Å²) in [4.78, 5) is 12.0. The first kappa shape index (κ1) is 17.3. The van der Waals surface area contributed by atoms with Crippen molar-refractivity contribution in [3.8, 4) is 17.2 Å². The molecule has 0 spiro atoms. The van der Waals surface area contributed by atoms with Crippen LogP contribution in [0.15, 0.2) is 41.5 Å². The molecule has 2 aromatic carbocycles. The standard InChI is InChI=1S/C18H20N2O4/c1-2-3-4-12-5-7-13(8-6-12)18(24)20-19-11-14-9-10-15(21)17(23)16(14)22/h5-11,21-23H,2-4H2,1H3,(H,20,24)/b19-11+. The Morgan fingerprint density at radius 1 is 1.08 bits per heavy atom. The number of phenolic OH excluding ortho intramolecular Hbond substituents is 3. The van der Waals surface area contributed by atoms with Crippen LogP contribution in [0.1, 0.15) is 41.3 Å². The molecule has 4 N–H and O–H groups in total. The number of rotatable bonds is 6. The predicted molar refractivity (Wildman–Crippen MR) is 91.6 cm³/mol. The zero-order valence-corrected chi connectivity index (χ0v) is 13.4. The largest absolute Gasteiger partial charge is 0.504 e. The molecule has 0 heterocycles. The Balaban J connectivity index is 1.99. The van der Waals surface area contributed by atoms with E-state index in [4.69, 9.17) is 0 Å². The lowest BCUT2D eigenvalue weighted by Gasteiger charge is -2.04. The molecule has 0 unspecified atom stereocenters. The van der Waals surface area contributed by atoms with Crippen LogP contribution in [0.4, 0.5) is 0 Å². The smallest absolute Gasteiger partial charge is 0.271 e. The lowest BCUT2D eigenvalue weighted by Crippen LogP contribution is -2.17. The fraction of sp³-hybridized carbons (Fsp3) is 0.222. The second kappa shape index (κ2) is 8.01. The predicted octanol–water partition coefficient (Wildman–Crippen LogP) is 2.91. The van der Waals surface area contributed by atoms with Crippen molar-refractivity contribution in [2.75, 3.05) is 0 Å². The molecule has 0 aliphatic heterocycles. The van der Waals surface area contributed by atoms with E-state index in [0.717, 1.165) is 19.3 Å². The zero-order valence-electron chi connectivity index (χ0n) is 13.4. The molecule has 0 fully saturated rings. The molecule has 6 nitrogen and oxygen atoms in total. The van der Waals surface area contributed by atoms with Crippen LogP contribution in [0.3, 0.4) is 0 Å². The number of hydrogen-bond donors (Lipinski definition) is 4. The van der Waals surface area contributed by atoms with Gasteiger partial charge in [-0.3, -0.25) is 4.79 Å². The van der Waals surface area contributed by atoms with Crippen molar-refractivity contribution in [3.63, 3.8) is 0 Å². The van der Waals surface area contributed by atoms with E-state index in [9.17, 15) is 20.1 Å². The van der Waals surface area contributed by atoms with Crippen molar-refractivity contribution >= 4 is 12.1 Å². The molecule has 2 aromatic rings. The third-order valence-electron chi connectivity index (χ3n) is 3.57. The van der Waals surface area contributed by atoms with Gasteiger partial charge in [-0.05, 0) is 42.7 Å². The maximum atomic E-state index is 12.0. The quantitative estimate of drug-likeness (QED) is 0.372. The summed E-state index contributed by atoms with van der Waals surface area (Å²) in [5, 5.41) is 32.0. The van der Waals surface area contributed by atoms with Crippen molar-refractivity contribution in [2.24, 2.45) is 5.10 Å². The first-order valence-corrected chi connectivity index (χ1v) is 7.69. The Labute approximate surface area is 140 Å². The number of nitrogens with one attached hydrogen (secondary N) is 1. The number of phenols is 3. The Bertz CT molecular complexity index is 739. The van der Waals surface area contributed by atoms with Crippen molar-refractivity contribution in [2.45, 2.75) is 26.2 Å². The average Bonchev–Trinajstić information content (AvgIpc) is 2.60. The highest BCUT2D eigenvalue weighted by Gasteiger charge is 2.09. The molecular formula is C18H20N2O4. The summed E-state index contributed by atoms with van der Waals surface area (Å²) in [6.45, 7) is 2.13. The lowest BCUT2D eigenvalue weighted by atomic mass is 10.1. The number of aryl methyl sites for hydroxylation is 1. The third-order valence-corrected chi connectivity index (χ3v) is 3.57. The summed E-state index contributed by atoms with van der Waals surface area (Å²) < 4.78 is 0. The van der Waals surface area contributed by atoms with E-state index in [1.54, 1.807) is 12.1 Å². The summed E-state index contributed by atoms with van der Waals surface area (Å²) >= 11 is 0. The molecule has 0 aliphatic carbocycles. The van der Waals surface area contributed by atoms with Crippen LogP contribution in [0.5, 0.6) is 17.2 Å². The summed E-state index contributed by atoms with van der Waals surface area (Å²) in [6.07, 6.45) is 4.40. The number of benzene rings is 2. The van der Waals surface area contributed by atoms with Crippen LogP contribution in [0, 0.1) is 0 Å². The number of nitrogens with zero attached hydrogens (tertiary/aromatic N) is 1. The molecular weight excluding hydrogens is 308 g/mol. The van der Waals surface area contributed by atoms with Gasteiger partial charge in [-0.2, -0.15) is 5.10 Å². The normalized spacial score (nSPS) is 10.9. The minimum atomic E-state index is -0.632. The summed E-state index contributed by atoms with van der Waals surface area (Å²) in [7, 11) is 0. The first-order chi connectivity index (χ1) is 11.5. The molecule has 6 heteroatoms. The monoisotopic (exact) mass is 328 g/mol. The Morgan fingerprint density at radius 3 is 2.46 bits per heavy atom. The lowest BCUT2D eigenvalue weighted by molar-refractivity contribution is 0.0955. The molecule has 1 amide bonds. The SMILES string of the molecule is CCCCc1ccc(C(=O)N/N=C/c2ccc(O)c(O)c2O)cc1. The van der Waals surface area contributed by atoms with Crippen LogP contribution in [0.25, 0.3) is 0 Å². The van der Waals surface area contributed by atoms with Crippen LogP contribution in [0.2, 0.25) is 0 Å². The fourth-order valence-electron chi connectivity index (χ4n) is 2.12. The molecule has 0 bridgehead atoms. The van der Waals surface area contributed by atoms with E-state index >= 15 is 0 Å². The zero-order chi connectivity index (χ0) is 17.5. The third kappa shape index (κ3) is 4.25. The van der Waals surface area contributed by atoms with Gasteiger partial charge in [0.2, 0.25) is 5.75 Å². The molecule has 24 heavy (non-hydrogen) atoms. The number of aromatic hydroxyl groups is 3. The van der Waals surface area contributed by atoms with Crippen LogP contribution in [-0.2, 0) is 6.42 Å². The van der Waals surface area contributed by atoms with E-state index in [0.29, 0.717) is 5.56 Å². The highest BCUT2D eigenvalue weighted by molar-refractivity contribution is 5.95. The summed E-state index contributed by atoms with van der Waals surface area (Å²) in [5.74, 6) is -1.95. The van der Waals surface area contributed by atoms with Gasteiger partial charge >= 0.3 is 0 Å². The highest BCUT2D eigenvalue weighted by Crippen LogP contribution is 2.36. The van der Waals surface area contributed by atoms with E-state index in [1.165, 1.54) is 23.9 Å². The van der Waals surface area contributed by atoms with E-state index in [2.05, 4.69) is 17.5 Å². The number of unbranched alkanes of at least 4 members (excludes halogenated alkanes) is 1. The minimum Gasteiger partial charge on any atom is -0.504 e. The van der Waals surface area contributed by atoms with Gasteiger partial charge < -0.3 is 15.3 Å². The highest BCUT2D eigenvalue weighted by atomic mass is 16.3. The molecule has 0 saturated carbocycles. The van der Waals surface area contributed by atoms with Gasteiger partial charge in [0.05, 0.1) is 6.21 Å². The second-order valence-corrected chi connectivity index (χ2v) is 5.37. The van der Waals surface area contributed by atoms with E-state index < -0.39 is 17.2 Å². The second-order valence-electron chi connectivity index (χ2n) is 5.37. The number of carbonyl (C=O) groups excluding carboxylic acids is 1. The van der Waals surface area contributed by atoms with Crippen molar-refractivity contribution < 1.29 is 20.1 Å². The number of carbonyl (C=O) groups is 1. The van der Waals surface area contributed by atoms with Gasteiger partial charge in [0.25, 0.3) is 5.91 Å². The van der Waals surface area contributed by atoms with E-state index in [1.807, 2.05) is 12.1 Å². The molecule has 126 valence electrons. The molecule has 0 aromatic heterocycles. The minimum absolute atomic E-state index is 0.167. The van der Waals surface area contributed by atoms with E-state index in [-0.39, 0.29) is 11.5 Å². The van der Waals surface area contributed by atoms with Gasteiger partial charge in [0.15, 0.2) is 11.5 Å². The number of hydrogen-bond acceptors (Lipinski definition) is 5. The number of hydrazone groups is 1. The molecule has 0 radical (unpaired) electrons. The number of amides is 1. The van der Waals surface area contributed by atoms with Gasteiger partial charge in [-0.15, -0.1) is 0 Å². The topological polar surface area (TPSA) is 102 Å². The van der Waals surface area contributed by atoms with Crippen LogP contribution in [-0.4, -0.2) is 27.4 Å². The van der Waals surface area contributed by atoms with Gasteiger partial charge in [-0.1, -0.05) is 25.5 Å². The maximum Gasteiger partial charge on any atom is 0.271 e. The van der Waals surface area contributed by atoms with Crippen molar-refractivity contribution in [3.05, 3.63) is 53.1 Å². The Kier molecular flexibility index (Phi) is 5.78. The van der Waals surface area contributed by atoms with Crippen molar-refractivity contribution in [1.82, 2.24) is 5.43 Å². The van der Waals surface area contributed by atoms with Gasteiger partial charge in [0.1, 0.15) is 0 Å². The van der Waals surface area contributed by atoms with Gasteiger partial charge in [0, 0.05) is 11.1 Å². The summed E-state index contributed by atoms with van der Waals surface area (Å²) in [6, 6.07) is 9.88. The Hall–Kier alpha value is -3.02. The Morgan fingerprint density at radius 2 is 1.79 bits per heavy atom. The van der Waals surface area contributed by atoms with Crippen LogP contribution < -0.4 is 5.43 Å². The van der Waals surface area contributed by atoms with Gasteiger partial charge in [-0.25, -0.2) is 5.43 Å². The maximum absolute atomic E-state index is 12.0. The van der Waals surface area contributed by atoms with Crippen LogP contribution >= 0.6 is 0 Å². The average molecular weight is 328 g/mol.